The van der Waals surface area contributed by atoms with Crippen LogP contribution in [0.2, 0.25) is 0 Å². The fraction of sp³-hybridized carbons (Fsp3) is 0.348. The van der Waals surface area contributed by atoms with Gasteiger partial charge in [0.25, 0.3) is 11.8 Å². The third-order valence-electron chi connectivity index (χ3n) is 5.72. The first-order valence-electron chi connectivity index (χ1n) is 9.92. The Labute approximate surface area is 170 Å². The van der Waals surface area contributed by atoms with Crippen LogP contribution in [0.4, 0.5) is 0 Å². The zero-order chi connectivity index (χ0) is 20.4. The number of amides is 2. The van der Waals surface area contributed by atoms with Crippen LogP contribution in [-0.2, 0) is 11.2 Å². The van der Waals surface area contributed by atoms with Crippen LogP contribution in [-0.4, -0.2) is 60.2 Å². The van der Waals surface area contributed by atoms with Gasteiger partial charge in [-0.2, -0.15) is 0 Å². The molecular formula is C23H24N2O4. The lowest BCUT2D eigenvalue weighted by Crippen LogP contribution is -2.47. The summed E-state index contributed by atoms with van der Waals surface area (Å²) in [7, 11) is 1.83. The molecule has 2 aromatic carbocycles. The number of fused-ring (bicyclic) bond motifs is 1. The van der Waals surface area contributed by atoms with Crippen molar-refractivity contribution in [2.45, 2.75) is 25.3 Å². The number of benzene rings is 2. The zero-order valence-corrected chi connectivity index (χ0v) is 16.5. The average Bonchev–Trinajstić information content (AvgIpc) is 2.77. The predicted octanol–water partition coefficient (Wildman–Crippen LogP) is 2.57. The van der Waals surface area contributed by atoms with Crippen LogP contribution in [0, 0.1) is 0 Å². The molecule has 2 heterocycles. The quantitative estimate of drug-likeness (QED) is 0.805. The number of carbonyl (C=O) groups is 3. The fourth-order valence-corrected chi connectivity index (χ4v) is 4.00. The van der Waals surface area contributed by atoms with Crippen LogP contribution in [0.25, 0.3) is 0 Å². The lowest BCUT2D eigenvalue weighted by Gasteiger charge is -2.37. The molecule has 2 aromatic rings. The minimum atomic E-state index is -0.0405. The van der Waals surface area contributed by atoms with Crippen molar-refractivity contribution in [3.05, 3.63) is 65.2 Å². The van der Waals surface area contributed by atoms with Gasteiger partial charge in [-0.1, -0.05) is 18.2 Å². The molecule has 0 aromatic heterocycles. The van der Waals surface area contributed by atoms with Crippen molar-refractivity contribution in [3.63, 3.8) is 0 Å². The number of carbonyl (C=O) groups excluding carboxylic acids is 3. The summed E-state index contributed by atoms with van der Waals surface area (Å²) in [6, 6.07) is 14.7. The van der Waals surface area contributed by atoms with Gasteiger partial charge in [0, 0.05) is 49.3 Å². The minimum Gasteiger partial charge on any atom is -0.486 e. The Hall–Kier alpha value is -3.15. The van der Waals surface area contributed by atoms with Crippen LogP contribution in [0.1, 0.15) is 39.1 Å². The number of hydrogen-bond acceptors (Lipinski definition) is 4. The molecule has 0 unspecified atom stereocenters. The Bertz CT molecular complexity index is 933. The van der Waals surface area contributed by atoms with Gasteiger partial charge in [-0.3, -0.25) is 14.4 Å². The van der Waals surface area contributed by atoms with E-state index in [0.29, 0.717) is 36.4 Å². The third kappa shape index (κ3) is 4.01. The van der Waals surface area contributed by atoms with E-state index in [1.54, 1.807) is 23.1 Å². The van der Waals surface area contributed by atoms with Gasteiger partial charge in [0.1, 0.15) is 12.4 Å². The second kappa shape index (κ2) is 8.07. The van der Waals surface area contributed by atoms with E-state index in [0.717, 1.165) is 18.4 Å². The number of likely N-dealkylation sites (tertiary alicyclic amines) is 1. The lowest BCUT2D eigenvalue weighted by atomic mass is 9.99. The maximum atomic E-state index is 12.9. The van der Waals surface area contributed by atoms with Gasteiger partial charge in [0.05, 0.1) is 0 Å². The van der Waals surface area contributed by atoms with Crippen molar-refractivity contribution in [1.29, 1.82) is 0 Å². The molecular weight excluding hydrogens is 368 g/mol. The Balaban J connectivity index is 1.38. The molecule has 0 aliphatic carbocycles. The number of nitrogens with zero attached hydrogens (tertiary/aromatic N) is 2. The minimum absolute atomic E-state index is 0.00901. The first kappa shape index (κ1) is 19.2. The van der Waals surface area contributed by atoms with Crippen molar-refractivity contribution >= 4 is 17.6 Å². The summed E-state index contributed by atoms with van der Waals surface area (Å²) < 4.78 is 5.40. The van der Waals surface area contributed by atoms with E-state index in [9.17, 15) is 14.4 Å². The first-order valence-corrected chi connectivity index (χ1v) is 9.92. The summed E-state index contributed by atoms with van der Waals surface area (Å²) in [5.41, 5.74) is 2.03. The highest BCUT2D eigenvalue weighted by atomic mass is 16.5. The normalized spacial score (nSPS) is 16.7. The Morgan fingerprint density at radius 3 is 2.48 bits per heavy atom. The standard InChI is InChI=1S/C23H24N2O4/c1-24(22(27)16-5-3-2-4-6-16)19-9-11-25(12-10-19)23(28)17-7-8-21-18(13-17)14-20(26)15-29-21/h2-8,13,19H,9-12,14-15H2,1H3. The summed E-state index contributed by atoms with van der Waals surface area (Å²) in [5.74, 6) is 0.672. The van der Waals surface area contributed by atoms with Crippen molar-refractivity contribution < 1.29 is 19.1 Å². The number of Topliss-reactive ketones (excluding diaryl/α,β-unsaturated/α-hetero) is 1. The summed E-state index contributed by atoms with van der Waals surface area (Å²) >= 11 is 0. The summed E-state index contributed by atoms with van der Waals surface area (Å²) in [6.45, 7) is 1.30. The number of rotatable bonds is 3. The zero-order valence-electron chi connectivity index (χ0n) is 16.5. The second-order valence-electron chi connectivity index (χ2n) is 7.63. The van der Waals surface area contributed by atoms with E-state index in [-0.39, 0.29) is 30.2 Å². The number of hydrogen-bond donors (Lipinski definition) is 0. The Morgan fingerprint density at radius 1 is 1.03 bits per heavy atom. The van der Waals surface area contributed by atoms with Gasteiger partial charge in [0.2, 0.25) is 0 Å². The van der Waals surface area contributed by atoms with E-state index >= 15 is 0 Å². The molecule has 2 aliphatic heterocycles. The summed E-state index contributed by atoms with van der Waals surface area (Å²) in [6.07, 6.45) is 1.80. The van der Waals surface area contributed by atoms with Crippen LogP contribution in [0.5, 0.6) is 5.75 Å². The first-order chi connectivity index (χ1) is 14.0. The van der Waals surface area contributed by atoms with Crippen LogP contribution < -0.4 is 4.74 Å². The molecule has 2 amide bonds. The molecule has 0 bridgehead atoms. The molecule has 1 saturated heterocycles. The molecule has 29 heavy (non-hydrogen) atoms. The molecule has 0 spiro atoms. The molecule has 6 heteroatoms. The summed E-state index contributed by atoms with van der Waals surface area (Å²) in [5, 5.41) is 0. The second-order valence-corrected chi connectivity index (χ2v) is 7.63. The molecule has 1 fully saturated rings. The molecule has 4 rings (SSSR count). The van der Waals surface area contributed by atoms with Crippen molar-refractivity contribution in [3.8, 4) is 5.75 Å². The molecule has 2 aliphatic rings. The van der Waals surface area contributed by atoms with Gasteiger partial charge < -0.3 is 14.5 Å². The predicted molar refractivity (Wildman–Crippen MR) is 108 cm³/mol. The van der Waals surface area contributed by atoms with Crippen molar-refractivity contribution in [1.82, 2.24) is 9.80 Å². The Kier molecular flexibility index (Phi) is 5.34. The molecule has 0 radical (unpaired) electrons. The maximum Gasteiger partial charge on any atom is 0.253 e. The molecule has 6 nitrogen and oxygen atoms in total. The highest BCUT2D eigenvalue weighted by Gasteiger charge is 2.29. The summed E-state index contributed by atoms with van der Waals surface area (Å²) in [4.78, 5) is 40.8. The smallest absolute Gasteiger partial charge is 0.253 e. The van der Waals surface area contributed by atoms with E-state index in [4.69, 9.17) is 4.74 Å². The third-order valence-corrected chi connectivity index (χ3v) is 5.72. The van der Waals surface area contributed by atoms with Crippen molar-refractivity contribution in [2.75, 3.05) is 26.7 Å². The van der Waals surface area contributed by atoms with Crippen LogP contribution in [0.15, 0.2) is 48.5 Å². The van der Waals surface area contributed by atoms with Gasteiger partial charge in [-0.25, -0.2) is 0 Å². The molecule has 150 valence electrons. The van der Waals surface area contributed by atoms with E-state index in [1.807, 2.05) is 42.3 Å². The Morgan fingerprint density at radius 2 is 1.76 bits per heavy atom. The lowest BCUT2D eigenvalue weighted by molar-refractivity contribution is -0.121. The van der Waals surface area contributed by atoms with Crippen LogP contribution >= 0.6 is 0 Å². The van der Waals surface area contributed by atoms with Gasteiger partial charge in [-0.15, -0.1) is 0 Å². The number of ether oxygens (including phenoxy) is 1. The fourth-order valence-electron chi connectivity index (χ4n) is 4.00. The monoisotopic (exact) mass is 392 g/mol. The maximum absolute atomic E-state index is 12.9. The number of ketones is 1. The molecule has 0 saturated carbocycles. The molecule has 0 atom stereocenters. The van der Waals surface area contributed by atoms with E-state index < -0.39 is 0 Å². The largest absolute Gasteiger partial charge is 0.486 e. The van der Waals surface area contributed by atoms with Gasteiger partial charge in [0.15, 0.2) is 5.78 Å². The average molecular weight is 392 g/mol. The van der Waals surface area contributed by atoms with E-state index in [2.05, 4.69) is 0 Å². The van der Waals surface area contributed by atoms with Crippen molar-refractivity contribution in [2.24, 2.45) is 0 Å². The SMILES string of the molecule is CN(C(=O)c1ccccc1)C1CCN(C(=O)c2ccc3c(c2)CC(=O)CO3)CC1. The van der Waals surface area contributed by atoms with Crippen LogP contribution in [0.3, 0.4) is 0 Å². The number of piperidine rings is 1. The topological polar surface area (TPSA) is 66.9 Å². The highest BCUT2D eigenvalue weighted by molar-refractivity contribution is 5.96. The van der Waals surface area contributed by atoms with Gasteiger partial charge in [-0.05, 0) is 43.2 Å². The van der Waals surface area contributed by atoms with Gasteiger partial charge >= 0.3 is 0 Å². The van der Waals surface area contributed by atoms with E-state index in [1.165, 1.54) is 0 Å². The highest BCUT2D eigenvalue weighted by Crippen LogP contribution is 2.26. The molecule has 0 N–H and O–H groups in total.